The molecular weight excluding hydrogens is 799 g/mol. The Hall–Kier alpha value is -8.72. The van der Waals surface area contributed by atoms with E-state index in [-0.39, 0.29) is 0 Å². The van der Waals surface area contributed by atoms with Gasteiger partial charge in [-0.3, -0.25) is 0 Å². The first kappa shape index (κ1) is 36.7. The normalized spacial score (nSPS) is 11.9. The lowest BCUT2D eigenvalue weighted by Gasteiger charge is -2.18. The van der Waals surface area contributed by atoms with Crippen molar-refractivity contribution < 1.29 is 4.42 Å². The van der Waals surface area contributed by atoms with E-state index in [1.165, 1.54) is 98.3 Å². The predicted molar refractivity (Wildman–Crippen MR) is 280 cm³/mol. The molecule has 14 aromatic rings. The fourth-order valence-corrected chi connectivity index (χ4v) is 11.3. The van der Waals surface area contributed by atoms with Gasteiger partial charge < -0.3 is 8.98 Å². The van der Waals surface area contributed by atoms with Crippen LogP contribution in [-0.2, 0) is 0 Å². The molecule has 0 saturated carbocycles. The van der Waals surface area contributed by atoms with Gasteiger partial charge in [0.2, 0.25) is 0 Å². The lowest BCUT2D eigenvalue weighted by molar-refractivity contribution is 0.670. The zero-order valence-electron chi connectivity index (χ0n) is 35.9. The third kappa shape index (κ3) is 5.30. The summed E-state index contributed by atoms with van der Waals surface area (Å²) < 4.78 is 9.41. The summed E-state index contributed by atoms with van der Waals surface area (Å²) >= 11 is 0. The van der Waals surface area contributed by atoms with Crippen LogP contribution in [0.5, 0.6) is 0 Å². The van der Waals surface area contributed by atoms with Crippen LogP contribution in [0.4, 0.5) is 0 Å². The molecule has 14 rings (SSSR count). The Bertz CT molecular complexity index is 4160. The highest BCUT2D eigenvalue weighted by molar-refractivity contribution is 6.28. The molecule has 0 amide bonds. The minimum Gasteiger partial charge on any atom is -0.455 e. The van der Waals surface area contributed by atoms with Gasteiger partial charge in [0.25, 0.3) is 0 Å². The number of para-hydroxylation sites is 3. The molecule has 0 bridgehead atoms. The van der Waals surface area contributed by atoms with E-state index in [1.807, 2.05) is 0 Å². The largest absolute Gasteiger partial charge is 0.455 e. The number of aromatic nitrogens is 1. The van der Waals surface area contributed by atoms with Crippen LogP contribution in [0.1, 0.15) is 0 Å². The first-order valence-corrected chi connectivity index (χ1v) is 22.8. The number of furan rings is 1. The number of benzene rings is 12. The van der Waals surface area contributed by atoms with E-state index in [0.717, 1.165) is 38.8 Å². The minimum atomic E-state index is 0.877. The van der Waals surface area contributed by atoms with Crippen LogP contribution in [-0.4, -0.2) is 4.57 Å². The Morgan fingerprint density at radius 3 is 1.32 bits per heavy atom. The maximum Gasteiger partial charge on any atom is 0.143 e. The highest BCUT2D eigenvalue weighted by Crippen LogP contribution is 2.50. The smallest absolute Gasteiger partial charge is 0.143 e. The van der Waals surface area contributed by atoms with Gasteiger partial charge in [-0.05, 0) is 113 Å². The lowest BCUT2D eigenvalue weighted by Crippen LogP contribution is -1.93. The molecule has 66 heavy (non-hydrogen) atoms. The Morgan fingerprint density at radius 2 is 0.712 bits per heavy atom. The molecule has 0 aliphatic carbocycles. The molecule has 0 saturated heterocycles. The van der Waals surface area contributed by atoms with Crippen molar-refractivity contribution in [2.45, 2.75) is 0 Å². The van der Waals surface area contributed by atoms with Crippen LogP contribution in [0, 0.1) is 0 Å². The summed E-state index contributed by atoms with van der Waals surface area (Å²) in [6.07, 6.45) is 0. The van der Waals surface area contributed by atoms with Crippen molar-refractivity contribution in [3.8, 4) is 50.2 Å². The molecule has 12 aromatic carbocycles. The van der Waals surface area contributed by atoms with E-state index in [0.29, 0.717) is 0 Å². The van der Waals surface area contributed by atoms with Crippen molar-refractivity contribution in [2.24, 2.45) is 0 Å². The topological polar surface area (TPSA) is 18.1 Å². The molecule has 0 unspecified atom stereocenters. The predicted octanol–water partition coefficient (Wildman–Crippen LogP) is 18.0. The van der Waals surface area contributed by atoms with Crippen molar-refractivity contribution in [3.63, 3.8) is 0 Å². The molecule has 0 radical (unpaired) electrons. The van der Waals surface area contributed by atoms with Crippen LogP contribution >= 0.6 is 0 Å². The van der Waals surface area contributed by atoms with Gasteiger partial charge in [0.15, 0.2) is 0 Å². The summed E-state index contributed by atoms with van der Waals surface area (Å²) in [5.41, 5.74) is 15.0. The highest BCUT2D eigenvalue weighted by atomic mass is 16.3. The molecule has 0 spiro atoms. The number of rotatable bonds is 5. The zero-order chi connectivity index (χ0) is 43.3. The monoisotopic (exact) mass is 837 g/mol. The second-order valence-corrected chi connectivity index (χ2v) is 17.4. The molecule has 0 fully saturated rings. The van der Waals surface area contributed by atoms with Crippen molar-refractivity contribution in [2.75, 3.05) is 0 Å². The fourth-order valence-electron chi connectivity index (χ4n) is 11.3. The third-order valence-electron chi connectivity index (χ3n) is 14.0. The Kier molecular flexibility index (Phi) is 8.02. The van der Waals surface area contributed by atoms with Crippen LogP contribution < -0.4 is 0 Å². The van der Waals surface area contributed by atoms with Crippen LogP contribution in [0.15, 0.2) is 241 Å². The Labute approximate surface area is 380 Å². The average molecular weight is 838 g/mol. The molecule has 0 atom stereocenters. The molecule has 0 aliphatic heterocycles. The summed E-state index contributed by atoms with van der Waals surface area (Å²) in [6.45, 7) is 0. The molecule has 2 heterocycles. The maximum absolute atomic E-state index is 7.00. The second kappa shape index (κ2) is 14.4. The molecular formula is C64H39NO. The molecule has 0 N–H and O–H groups in total. The van der Waals surface area contributed by atoms with Gasteiger partial charge in [0.1, 0.15) is 11.2 Å². The number of hydrogen-bond donors (Lipinski definition) is 0. The van der Waals surface area contributed by atoms with Crippen molar-refractivity contribution >= 4 is 86.8 Å². The fraction of sp³-hybridized carbons (Fsp3) is 0. The van der Waals surface area contributed by atoms with E-state index in [9.17, 15) is 0 Å². The van der Waals surface area contributed by atoms with Crippen molar-refractivity contribution in [1.29, 1.82) is 0 Å². The first-order valence-electron chi connectivity index (χ1n) is 22.8. The average Bonchev–Trinajstić information content (AvgIpc) is 3.94. The number of nitrogens with zero attached hydrogens (tertiary/aromatic N) is 1. The van der Waals surface area contributed by atoms with Crippen LogP contribution in [0.2, 0.25) is 0 Å². The SMILES string of the molecule is c1ccc(-c2c3ccccc3c(-c3cccc4c3oc3ccc(-c5c6ccccc6c(-c6cccc7c6c6ccccc6n7-c6ccccc6)c6ccccc56)cc34)c3ccccc23)cc1. The Morgan fingerprint density at radius 1 is 0.273 bits per heavy atom. The van der Waals surface area contributed by atoms with Gasteiger partial charge >= 0.3 is 0 Å². The lowest BCUT2D eigenvalue weighted by atomic mass is 9.84. The van der Waals surface area contributed by atoms with E-state index in [2.05, 4.69) is 241 Å². The van der Waals surface area contributed by atoms with Crippen molar-refractivity contribution in [1.82, 2.24) is 4.57 Å². The van der Waals surface area contributed by atoms with E-state index < -0.39 is 0 Å². The third-order valence-corrected chi connectivity index (χ3v) is 14.0. The summed E-state index contributed by atoms with van der Waals surface area (Å²) in [5.74, 6) is 0. The van der Waals surface area contributed by atoms with E-state index in [4.69, 9.17) is 4.42 Å². The highest BCUT2D eigenvalue weighted by Gasteiger charge is 2.24. The number of hydrogen-bond acceptors (Lipinski definition) is 1. The molecule has 2 heteroatoms. The van der Waals surface area contributed by atoms with Gasteiger partial charge in [-0.2, -0.15) is 0 Å². The quantitative estimate of drug-likeness (QED) is 0.158. The summed E-state index contributed by atoms with van der Waals surface area (Å²) in [5, 5.41) is 14.5. The summed E-state index contributed by atoms with van der Waals surface area (Å²) in [7, 11) is 0. The van der Waals surface area contributed by atoms with Gasteiger partial charge in [-0.1, -0.05) is 200 Å². The molecule has 2 nitrogen and oxygen atoms in total. The van der Waals surface area contributed by atoms with Crippen LogP contribution in [0.3, 0.4) is 0 Å². The van der Waals surface area contributed by atoms with Gasteiger partial charge in [-0.15, -0.1) is 0 Å². The van der Waals surface area contributed by atoms with Gasteiger partial charge in [0, 0.05) is 38.4 Å². The summed E-state index contributed by atoms with van der Waals surface area (Å²) in [6, 6.07) is 86.3. The van der Waals surface area contributed by atoms with Gasteiger partial charge in [0.05, 0.1) is 11.0 Å². The van der Waals surface area contributed by atoms with Crippen molar-refractivity contribution in [3.05, 3.63) is 237 Å². The zero-order valence-corrected chi connectivity index (χ0v) is 35.9. The van der Waals surface area contributed by atoms with E-state index >= 15 is 0 Å². The first-order chi connectivity index (χ1) is 32.8. The minimum absolute atomic E-state index is 0.877. The summed E-state index contributed by atoms with van der Waals surface area (Å²) in [4.78, 5) is 0. The second-order valence-electron chi connectivity index (χ2n) is 17.4. The standard InChI is InChI=1S/C64H39NO/c1-3-19-40(20-4-1)59-43-23-7-13-29-49(43)62(50-30-14-8-24-44(50)59)54-34-17-32-51-55-39-41(37-38-58(55)66-64(51)54)60-45-25-9-11-27-47(45)61(48-28-12-10-26-46(48)60)53-33-18-36-57-63(53)52-31-15-16-35-56(52)65(57)42-21-5-2-6-22-42/h1-39H. The maximum atomic E-state index is 7.00. The Balaban J connectivity index is 1.01. The van der Waals surface area contributed by atoms with E-state index in [1.54, 1.807) is 0 Å². The van der Waals surface area contributed by atoms with Gasteiger partial charge in [-0.25, -0.2) is 0 Å². The molecule has 0 aliphatic rings. The molecule has 306 valence electrons. The van der Waals surface area contributed by atoms with Crippen LogP contribution in [0.25, 0.3) is 137 Å². The molecule has 2 aromatic heterocycles. The number of fused-ring (bicyclic) bond motifs is 10.